The Hall–Kier alpha value is -3.29. The molecule has 7 nitrogen and oxygen atoms in total. The SMILES string of the molecule is CN(C)CCNC(=O)/C=C/c1ccc(-c2cc(NCCCN3CCCCC3)c3cnccc3n2)cc1. The van der Waals surface area contributed by atoms with E-state index < -0.39 is 0 Å². The highest BCUT2D eigenvalue weighted by Crippen LogP contribution is 2.28. The number of benzene rings is 1. The van der Waals surface area contributed by atoms with E-state index in [-0.39, 0.29) is 5.91 Å². The fourth-order valence-electron chi connectivity index (χ4n) is 4.47. The fraction of sp³-hybridized carbons (Fsp3) is 0.414. The first-order chi connectivity index (χ1) is 17.6. The van der Waals surface area contributed by atoms with Gasteiger partial charge in [0.05, 0.1) is 11.2 Å². The summed E-state index contributed by atoms with van der Waals surface area (Å²) in [6.07, 6.45) is 12.2. The van der Waals surface area contributed by atoms with E-state index in [9.17, 15) is 4.79 Å². The first kappa shape index (κ1) is 25.8. The van der Waals surface area contributed by atoms with Gasteiger partial charge in [0.2, 0.25) is 5.91 Å². The van der Waals surface area contributed by atoms with Gasteiger partial charge in [0.1, 0.15) is 0 Å². The molecule has 1 fully saturated rings. The van der Waals surface area contributed by atoms with Gasteiger partial charge in [-0.3, -0.25) is 9.78 Å². The second kappa shape index (κ2) is 13.1. The number of hydrogen-bond acceptors (Lipinski definition) is 6. The summed E-state index contributed by atoms with van der Waals surface area (Å²) in [5.41, 5.74) is 4.93. The second-order valence-electron chi connectivity index (χ2n) is 9.68. The third-order valence-corrected chi connectivity index (χ3v) is 6.52. The van der Waals surface area contributed by atoms with E-state index in [4.69, 9.17) is 4.98 Å². The quantitative estimate of drug-likeness (QED) is 0.311. The molecule has 0 aliphatic carbocycles. The van der Waals surface area contributed by atoms with Crippen LogP contribution in [0.1, 0.15) is 31.2 Å². The molecule has 0 unspecified atom stereocenters. The van der Waals surface area contributed by atoms with E-state index in [0.29, 0.717) is 6.54 Å². The number of fused-ring (bicyclic) bond motifs is 1. The monoisotopic (exact) mass is 486 g/mol. The molecule has 0 bridgehead atoms. The Labute approximate surface area is 214 Å². The van der Waals surface area contributed by atoms with Gasteiger partial charge in [0.25, 0.3) is 0 Å². The summed E-state index contributed by atoms with van der Waals surface area (Å²) in [7, 11) is 3.97. The maximum absolute atomic E-state index is 12.0. The second-order valence-corrected chi connectivity index (χ2v) is 9.68. The zero-order valence-electron chi connectivity index (χ0n) is 21.5. The zero-order chi connectivity index (χ0) is 25.2. The Kier molecular flexibility index (Phi) is 9.41. The van der Waals surface area contributed by atoms with Gasteiger partial charge in [-0.05, 0) is 76.8 Å². The molecule has 1 saturated heterocycles. The fourth-order valence-corrected chi connectivity index (χ4v) is 4.47. The number of likely N-dealkylation sites (N-methyl/N-ethyl adjacent to an activating group) is 1. The standard InChI is InChI=1S/C29H38N6O/c1-34(2)20-16-32-29(36)12-9-23-7-10-24(11-8-23)27-21-28(25-22-30-15-13-26(25)33-27)31-14-6-19-35-17-4-3-5-18-35/h7-13,15,21-22H,3-6,14,16-20H2,1-2H3,(H,31,33)(H,32,36)/b12-9+. The van der Waals surface area contributed by atoms with Crippen molar-refractivity contribution in [2.75, 3.05) is 58.7 Å². The highest BCUT2D eigenvalue weighted by molar-refractivity contribution is 5.93. The van der Waals surface area contributed by atoms with Crippen molar-refractivity contribution in [1.29, 1.82) is 0 Å². The molecule has 1 amide bonds. The predicted octanol–water partition coefficient (Wildman–Crippen LogP) is 4.28. The highest BCUT2D eigenvalue weighted by Gasteiger charge is 2.11. The van der Waals surface area contributed by atoms with Crippen molar-refractivity contribution in [3.05, 3.63) is 60.4 Å². The topological polar surface area (TPSA) is 73.4 Å². The van der Waals surface area contributed by atoms with Crippen LogP contribution < -0.4 is 10.6 Å². The lowest BCUT2D eigenvalue weighted by atomic mass is 10.1. The number of amides is 1. The molecule has 1 aromatic carbocycles. The Morgan fingerprint density at radius 2 is 1.89 bits per heavy atom. The number of hydrogen-bond donors (Lipinski definition) is 2. The number of rotatable bonds is 11. The predicted molar refractivity (Wildman–Crippen MR) is 149 cm³/mol. The number of anilines is 1. The molecule has 3 heterocycles. The molecule has 36 heavy (non-hydrogen) atoms. The van der Waals surface area contributed by atoms with Crippen LogP contribution in [0.5, 0.6) is 0 Å². The highest BCUT2D eigenvalue weighted by atomic mass is 16.1. The number of piperidine rings is 1. The molecule has 0 saturated carbocycles. The van der Waals surface area contributed by atoms with E-state index in [0.717, 1.165) is 59.5 Å². The van der Waals surface area contributed by atoms with Crippen LogP contribution in [0.4, 0.5) is 5.69 Å². The molecule has 190 valence electrons. The first-order valence-electron chi connectivity index (χ1n) is 13.0. The number of carbonyl (C=O) groups excluding carboxylic acids is 1. The third kappa shape index (κ3) is 7.60. The van der Waals surface area contributed by atoms with Crippen molar-refractivity contribution in [2.45, 2.75) is 25.7 Å². The van der Waals surface area contributed by atoms with Crippen molar-refractivity contribution in [3.8, 4) is 11.3 Å². The summed E-state index contributed by atoms with van der Waals surface area (Å²) in [6.45, 7) is 5.98. The Bertz CT molecular complexity index is 1150. The van der Waals surface area contributed by atoms with Crippen LogP contribution in [-0.4, -0.2) is 79.0 Å². The maximum Gasteiger partial charge on any atom is 0.244 e. The van der Waals surface area contributed by atoms with Crippen molar-refractivity contribution < 1.29 is 4.79 Å². The zero-order valence-corrected chi connectivity index (χ0v) is 21.5. The Morgan fingerprint density at radius 3 is 2.67 bits per heavy atom. The number of pyridine rings is 2. The van der Waals surface area contributed by atoms with Gasteiger partial charge in [0, 0.05) is 54.7 Å². The smallest absolute Gasteiger partial charge is 0.244 e. The summed E-state index contributed by atoms with van der Waals surface area (Å²) in [6, 6.07) is 12.2. The van der Waals surface area contributed by atoms with Gasteiger partial charge in [-0.1, -0.05) is 30.7 Å². The summed E-state index contributed by atoms with van der Waals surface area (Å²) in [4.78, 5) is 25.8. The summed E-state index contributed by atoms with van der Waals surface area (Å²) >= 11 is 0. The van der Waals surface area contributed by atoms with Crippen LogP contribution in [0.25, 0.3) is 28.2 Å². The van der Waals surface area contributed by atoms with E-state index in [1.54, 1.807) is 12.3 Å². The molecule has 1 aliphatic heterocycles. The van der Waals surface area contributed by atoms with Gasteiger partial charge in [-0.25, -0.2) is 4.98 Å². The molecule has 4 rings (SSSR count). The minimum Gasteiger partial charge on any atom is -0.384 e. The van der Waals surface area contributed by atoms with E-state index in [2.05, 4.69) is 38.7 Å². The molecular weight excluding hydrogens is 448 g/mol. The number of nitrogens with zero attached hydrogens (tertiary/aromatic N) is 4. The molecule has 3 aromatic rings. The average molecular weight is 487 g/mol. The normalized spacial score (nSPS) is 14.5. The minimum absolute atomic E-state index is 0.0817. The average Bonchev–Trinajstić information content (AvgIpc) is 2.90. The lowest BCUT2D eigenvalue weighted by molar-refractivity contribution is -0.116. The molecule has 1 aliphatic rings. The van der Waals surface area contributed by atoms with Crippen molar-refractivity contribution in [2.24, 2.45) is 0 Å². The number of likely N-dealkylation sites (tertiary alicyclic amines) is 1. The third-order valence-electron chi connectivity index (χ3n) is 6.52. The van der Waals surface area contributed by atoms with Crippen LogP contribution in [0, 0.1) is 0 Å². The van der Waals surface area contributed by atoms with E-state index >= 15 is 0 Å². The summed E-state index contributed by atoms with van der Waals surface area (Å²) in [5, 5.41) is 7.57. The lowest BCUT2D eigenvalue weighted by Gasteiger charge is -2.26. The van der Waals surface area contributed by atoms with Gasteiger partial charge in [0.15, 0.2) is 0 Å². The maximum atomic E-state index is 12.0. The van der Waals surface area contributed by atoms with Crippen LogP contribution in [0.2, 0.25) is 0 Å². The van der Waals surface area contributed by atoms with Gasteiger partial charge < -0.3 is 20.4 Å². The van der Waals surface area contributed by atoms with Crippen LogP contribution >= 0.6 is 0 Å². The van der Waals surface area contributed by atoms with Crippen LogP contribution in [-0.2, 0) is 4.79 Å². The molecule has 2 N–H and O–H groups in total. The molecule has 0 radical (unpaired) electrons. The van der Waals surface area contributed by atoms with Crippen molar-refractivity contribution in [1.82, 2.24) is 25.1 Å². The first-order valence-corrected chi connectivity index (χ1v) is 13.0. The van der Waals surface area contributed by atoms with Crippen molar-refractivity contribution in [3.63, 3.8) is 0 Å². The Morgan fingerprint density at radius 1 is 1.08 bits per heavy atom. The lowest BCUT2D eigenvalue weighted by Crippen LogP contribution is -2.31. The number of aromatic nitrogens is 2. The van der Waals surface area contributed by atoms with Gasteiger partial charge >= 0.3 is 0 Å². The van der Waals surface area contributed by atoms with Crippen LogP contribution in [0.3, 0.4) is 0 Å². The van der Waals surface area contributed by atoms with E-state index in [1.807, 2.05) is 49.5 Å². The van der Waals surface area contributed by atoms with Gasteiger partial charge in [-0.15, -0.1) is 0 Å². The molecule has 2 aromatic heterocycles. The number of nitrogens with one attached hydrogen (secondary N) is 2. The molecule has 0 atom stereocenters. The molecule has 7 heteroatoms. The summed E-state index contributed by atoms with van der Waals surface area (Å²) in [5.74, 6) is -0.0817. The largest absolute Gasteiger partial charge is 0.384 e. The van der Waals surface area contributed by atoms with Crippen molar-refractivity contribution >= 4 is 28.6 Å². The Balaban J connectivity index is 1.40. The summed E-state index contributed by atoms with van der Waals surface area (Å²) < 4.78 is 0. The van der Waals surface area contributed by atoms with E-state index in [1.165, 1.54) is 32.4 Å². The number of carbonyl (C=O) groups is 1. The molecular formula is C29H38N6O. The van der Waals surface area contributed by atoms with Crippen LogP contribution in [0.15, 0.2) is 54.9 Å². The van der Waals surface area contributed by atoms with Gasteiger partial charge in [-0.2, -0.15) is 0 Å². The minimum atomic E-state index is -0.0817. The molecule has 0 spiro atoms.